The van der Waals surface area contributed by atoms with E-state index in [1.165, 1.54) is 11.3 Å². The number of benzene rings is 1. The van der Waals surface area contributed by atoms with Gasteiger partial charge in [-0.05, 0) is 44.7 Å². The maximum Gasteiger partial charge on any atom is 0.245 e. The number of nitrogens with one attached hydrogen (secondary N) is 2. The Kier molecular flexibility index (Phi) is 4.28. The molecule has 2 aliphatic rings. The van der Waals surface area contributed by atoms with Crippen molar-refractivity contribution < 1.29 is 9.59 Å². The Hall–Kier alpha value is -2.04. The zero-order valence-corrected chi connectivity index (χ0v) is 13.9. The Labute approximate surface area is 137 Å². The molecule has 2 N–H and O–H groups in total. The van der Waals surface area contributed by atoms with Crippen molar-refractivity contribution >= 4 is 17.5 Å². The Morgan fingerprint density at radius 3 is 2.96 bits per heavy atom. The van der Waals surface area contributed by atoms with Gasteiger partial charge in [-0.2, -0.15) is 0 Å². The third-order valence-corrected chi connectivity index (χ3v) is 5.07. The van der Waals surface area contributed by atoms with Crippen molar-refractivity contribution in [2.75, 3.05) is 18.0 Å². The molecule has 0 saturated carbocycles. The van der Waals surface area contributed by atoms with Gasteiger partial charge in [0.1, 0.15) is 5.54 Å². The summed E-state index contributed by atoms with van der Waals surface area (Å²) in [6, 6.07) is 8.85. The summed E-state index contributed by atoms with van der Waals surface area (Å²) in [7, 11) is 0. The van der Waals surface area contributed by atoms with Crippen molar-refractivity contribution in [3.63, 3.8) is 0 Å². The first-order chi connectivity index (χ1) is 11.0. The van der Waals surface area contributed by atoms with Crippen LogP contribution in [-0.2, 0) is 16.0 Å². The molecule has 124 valence electrons. The number of rotatable bonds is 4. The number of nitrogens with zero attached hydrogens (tertiary/aromatic N) is 1. The van der Waals surface area contributed by atoms with E-state index < -0.39 is 5.54 Å². The molecule has 1 fully saturated rings. The monoisotopic (exact) mass is 315 g/mol. The minimum absolute atomic E-state index is 0.0557. The summed E-state index contributed by atoms with van der Waals surface area (Å²) in [4.78, 5) is 26.4. The number of anilines is 1. The van der Waals surface area contributed by atoms with Gasteiger partial charge in [-0.25, -0.2) is 0 Å². The van der Waals surface area contributed by atoms with Crippen LogP contribution in [0.2, 0.25) is 0 Å². The highest BCUT2D eigenvalue weighted by Crippen LogP contribution is 2.30. The summed E-state index contributed by atoms with van der Waals surface area (Å²) in [5.41, 5.74) is 1.85. The second-order valence-electron chi connectivity index (χ2n) is 6.85. The molecular weight excluding hydrogens is 290 g/mol. The van der Waals surface area contributed by atoms with Gasteiger partial charge in [0.05, 0.1) is 0 Å². The largest absolute Gasteiger partial charge is 0.368 e. The molecule has 3 rings (SSSR count). The molecule has 0 radical (unpaired) electrons. The lowest BCUT2D eigenvalue weighted by Crippen LogP contribution is -2.52. The molecule has 5 heteroatoms. The van der Waals surface area contributed by atoms with Crippen LogP contribution in [-0.4, -0.2) is 36.5 Å². The molecule has 0 spiro atoms. The second-order valence-corrected chi connectivity index (χ2v) is 6.85. The van der Waals surface area contributed by atoms with Crippen LogP contribution in [0, 0.1) is 0 Å². The lowest BCUT2D eigenvalue weighted by atomic mass is 9.96. The normalized spacial score (nSPS) is 26.6. The van der Waals surface area contributed by atoms with Crippen molar-refractivity contribution in [2.45, 2.75) is 51.1 Å². The van der Waals surface area contributed by atoms with E-state index in [1.807, 2.05) is 6.07 Å². The smallest absolute Gasteiger partial charge is 0.245 e. The Balaban J connectivity index is 1.62. The van der Waals surface area contributed by atoms with E-state index in [9.17, 15) is 9.59 Å². The second kappa shape index (κ2) is 6.22. The number of aryl methyl sites for hydroxylation is 1. The topological polar surface area (TPSA) is 61.4 Å². The summed E-state index contributed by atoms with van der Waals surface area (Å²) < 4.78 is 0. The van der Waals surface area contributed by atoms with E-state index in [0.717, 1.165) is 12.8 Å². The Morgan fingerprint density at radius 1 is 1.43 bits per heavy atom. The summed E-state index contributed by atoms with van der Waals surface area (Å²) in [5, 5.41) is 5.68. The third-order valence-electron chi connectivity index (χ3n) is 5.07. The number of hydrogen-bond donors (Lipinski definition) is 2. The number of para-hydroxylation sites is 1. The van der Waals surface area contributed by atoms with Crippen LogP contribution in [0.5, 0.6) is 0 Å². The summed E-state index contributed by atoms with van der Waals surface area (Å²) in [6.45, 7) is 5.32. The lowest BCUT2D eigenvalue weighted by molar-refractivity contribution is -0.130. The van der Waals surface area contributed by atoms with Gasteiger partial charge in [-0.15, -0.1) is 0 Å². The van der Waals surface area contributed by atoms with Gasteiger partial charge in [-0.1, -0.05) is 18.2 Å². The predicted octanol–water partition coefficient (Wildman–Crippen LogP) is 1.61. The average molecular weight is 315 g/mol. The van der Waals surface area contributed by atoms with Crippen molar-refractivity contribution in [3.05, 3.63) is 29.8 Å². The molecule has 2 aliphatic heterocycles. The number of carbonyl (C=O) groups is 2. The molecule has 0 bridgehead atoms. The van der Waals surface area contributed by atoms with Crippen LogP contribution < -0.4 is 15.5 Å². The number of carbonyl (C=O) groups excluding carboxylic acids is 2. The van der Waals surface area contributed by atoms with Gasteiger partial charge < -0.3 is 15.5 Å². The SMILES string of the molecule is CC1CCc2ccccc2N1CCC(=O)NC1(C)CCNC1=O. The fourth-order valence-electron chi connectivity index (χ4n) is 3.55. The highest BCUT2D eigenvalue weighted by Gasteiger charge is 2.38. The molecule has 0 aromatic heterocycles. The maximum atomic E-state index is 12.3. The van der Waals surface area contributed by atoms with Crippen molar-refractivity contribution in [3.8, 4) is 0 Å². The standard InChI is InChI=1S/C18H25N3O2/c1-13-7-8-14-5-3-4-6-15(14)21(13)12-9-16(22)20-18(2)10-11-19-17(18)23/h3-6,13H,7-12H2,1-2H3,(H,19,23)(H,20,22). The van der Waals surface area contributed by atoms with E-state index >= 15 is 0 Å². The molecular formula is C18H25N3O2. The molecule has 23 heavy (non-hydrogen) atoms. The van der Waals surface area contributed by atoms with Crippen LogP contribution in [0.15, 0.2) is 24.3 Å². The van der Waals surface area contributed by atoms with Gasteiger partial charge in [-0.3, -0.25) is 9.59 Å². The van der Waals surface area contributed by atoms with Gasteiger partial charge in [0.2, 0.25) is 11.8 Å². The highest BCUT2D eigenvalue weighted by atomic mass is 16.2. The third kappa shape index (κ3) is 3.19. The fourth-order valence-corrected chi connectivity index (χ4v) is 3.55. The van der Waals surface area contributed by atoms with Crippen molar-refractivity contribution in [1.82, 2.24) is 10.6 Å². The summed E-state index contributed by atoms with van der Waals surface area (Å²) in [5.74, 6) is -0.137. The average Bonchev–Trinajstić information content (AvgIpc) is 2.85. The minimum Gasteiger partial charge on any atom is -0.368 e. The molecule has 1 aromatic rings. The number of fused-ring (bicyclic) bond motifs is 1. The first-order valence-electron chi connectivity index (χ1n) is 8.43. The summed E-state index contributed by atoms with van der Waals surface area (Å²) in [6.07, 6.45) is 3.26. The molecule has 2 amide bonds. The van der Waals surface area contributed by atoms with E-state index in [-0.39, 0.29) is 11.8 Å². The Morgan fingerprint density at radius 2 is 2.22 bits per heavy atom. The number of hydrogen-bond acceptors (Lipinski definition) is 3. The van der Waals surface area contributed by atoms with Crippen LogP contribution in [0.25, 0.3) is 0 Å². The molecule has 2 heterocycles. The maximum absolute atomic E-state index is 12.3. The minimum atomic E-state index is -0.748. The van der Waals surface area contributed by atoms with E-state index in [1.54, 1.807) is 6.92 Å². The van der Waals surface area contributed by atoms with Gasteiger partial charge >= 0.3 is 0 Å². The van der Waals surface area contributed by atoms with Crippen LogP contribution in [0.1, 0.15) is 38.7 Å². The fraction of sp³-hybridized carbons (Fsp3) is 0.556. The quantitative estimate of drug-likeness (QED) is 0.887. The Bertz CT molecular complexity index is 616. The number of amides is 2. The molecule has 2 atom stereocenters. The van der Waals surface area contributed by atoms with E-state index in [4.69, 9.17) is 0 Å². The molecule has 1 saturated heterocycles. The van der Waals surface area contributed by atoms with Crippen LogP contribution in [0.3, 0.4) is 0 Å². The zero-order valence-electron chi connectivity index (χ0n) is 13.9. The zero-order chi connectivity index (χ0) is 16.4. The lowest BCUT2D eigenvalue weighted by Gasteiger charge is -2.37. The van der Waals surface area contributed by atoms with Gasteiger partial charge in [0.25, 0.3) is 0 Å². The molecule has 5 nitrogen and oxygen atoms in total. The first-order valence-corrected chi connectivity index (χ1v) is 8.43. The van der Waals surface area contributed by atoms with Gasteiger partial charge in [0.15, 0.2) is 0 Å². The van der Waals surface area contributed by atoms with Crippen LogP contribution in [0.4, 0.5) is 5.69 Å². The first kappa shape index (κ1) is 15.8. The molecule has 0 aliphatic carbocycles. The van der Waals surface area contributed by atoms with Crippen molar-refractivity contribution in [1.29, 1.82) is 0 Å². The van der Waals surface area contributed by atoms with Crippen LogP contribution >= 0.6 is 0 Å². The highest BCUT2D eigenvalue weighted by molar-refractivity contribution is 5.92. The molecule has 1 aromatic carbocycles. The van der Waals surface area contributed by atoms with E-state index in [0.29, 0.717) is 32.0 Å². The summed E-state index contributed by atoms with van der Waals surface area (Å²) >= 11 is 0. The predicted molar refractivity (Wildman–Crippen MR) is 90.4 cm³/mol. The van der Waals surface area contributed by atoms with E-state index in [2.05, 4.69) is 40.7 Å². The van der Waals surface area contributed by atoms with Gasteiger partial charge in [0, 0.05) is 31.2 Å². The van der Waals surface area contributed by atoms with Crippen molar-refractivity contribution in [2.24, 2.45) is 0 Å². The molecule has 2 unspecified atom stereocenters.